The molecule has 0 radical (unpaired) electrons. The number of carbonyl (C=O) groups is 1. The zero-order valence-electron chi connectivity index (χ0n) is 16.5. The van der Waals surface area contributed by atoms with Crippen LogP contribution in [-0.4, -0.2) is 65.5 Å². The Morgan fingerprint density at radius 1 is 1.00 bits per heavy atom. The molecule has 29 heavy (non-hydrogen) atoms. The van der Waals surface area contributed by atoms with Crippen molar-refractivity contribution in [3.8, 4) is 11.3 Å². The van der Waals surface area contributed by atoms with Gasteiger partial charge in [0, 0.05) is 62.9 Å². The normalized spacial score (nSPS) is 14.6. The molecule has 0 atom stereocenters. The van der Waals surface area contributed by atoms with Gasteiger partial charge in [0.05, 0.1) is 12.2 Å². The smallest absolute Gasteiger partial charge is 0.240 e. The summed E-state index contributed by atoms with van der Waals surface area (Å²) in [5.41, 5.74) is 2.83. The Labute approximate surface area is 170 Å². The molecule has 0 N–H and O–H groups in total. The second-order valence-electron chi connectivity index (χ2n) is 7.05. The van der Waals surface area contributed by atoms with E-state index < -0.39 is 0 Å². The number of carbonyl (C=O) groups excluding carboxylic acids is 1. The molecule has 1 aliphatic heterocycles. The van der Waals surface area contributed by atoms with Crippen LogP contribution >= 0.6 is 0 Å². The van der Waals surface area contributed by atoms with Crippen LogP contribution in [0.2, 0.25) is 0 Å². The fourth-order valence-electron chi connectivity index (χ4n) is 3.43. The fourth-order valence-corrected chi connectivity index (χ4v) is 3.43. The van der Waals surface area contributed by atoms with Crippen LogP contribution in [-0.2, 0) is 4.79 Å². The lowest BCUT2D eigenvalue weighted by Crippen LogP contribution is -2.50. The Kier molecular flexibility index (Phi) is 5.76. The third kappa shape index (κ3) is 4.57. The molecule has 0 bridgehead atoms. The van der Waals surface area contributed by atoms with Crippen molar-refractivity contribution >= 4 is 17.4 Å². The number of anilines is 2. The Morgan fingerprint density at radius 2 is 1.72 bits per heavy atom. The largest absolute Gasteiger partial charge is 0.354 e. The molecule has 3 heterocycles. The number of hydrogen-bond acceptors (Lipinski definition) is 6. The minimum atomic E-state index is 0.103. The number of benzene rings is 1. The second kappa shape index (κ2) is 8.79. The van der Waals surface area contributed by atoms with E-state index in [1.54, 1.807) is 23.6 Å². The van der Waals surface area contributed by atoms with E-state index >= 15 is 0 Å². The van der Waals surface area contributed by atoms with Gasteiger partial charge in [-0.3, -0.25) is 14.7 Å². The summed E-state index contributed by atoms with van der Waals surface area (Å²) in [4.78, 5) is 31.7. The summed E-state index contributed by atoms with van der Waals surface area (Å²) in [6.45, 7) is 3.72. The molecule has 1 aliphatic rings. The van der Waals surface area contributed by atoms with Gasteiger partial charge in [-0.2, -0.15) is 0 Å². The van der Waals surface area contributed by atoms with Crippen molar-refractivity contribution in [1.29, 1.82) is 0 Å². The Balaban J connectivity index is 1.34. The van der Waals surface area contributed by atoms with Crippen molar-refractivity contribution in [2.24, 2.45) is 0 Å². The summed E-state index contributed by atoms with van der Waals surface area (Å²) in [5.74, 6) is 1.02. The van der Waals surface area contributed by atoms with E-state index in [1.807, 2.05) is 55.6 Å². The van der Waals surface area contributed by atoms with E-state index in [0.29, 0.717) is 6.54 Å². The van der Waals surface area contributed by atoms with E-state index in [0.717, 1.165) is 48.9 Å². The van der Waals surface area contributed by atoms with Crippen LogP contribution < -0.4 is 9.80 Å². The molecule has 7 nitrogen and oxygen atoms in total. The lowest BCUT2D eigenvalue weighted by atomic mass is 10.2. The molecule has 1 amide bonds. The molecule has 148 valence electrons. The van der Waals surface area contributed by atoms with Gasteiger partial charge in [0.1, 0.15) is 12.1 Å². The summed E-state index contributed by atoms with van der Waals surface area (Å²) >= 11 is 0. The number of aromatic nitrogens is 3. The highest BCUT2D eigenvalue weighted by molar-refractivity contribution is 5.94. The van der Waals surface area contributed by atoms with Crippen LogP contribution in [0.3, 0.4) is 0 Å². The highest BCUT2D eigenvalue weighted by Gasteiger charge is 2.22. The third-order valence-corrected chi connectivity index (χ3v) is 5.20. The molecule has 1 saturated heterocycles. The minimum Gasteiger partial charge on any atom is -0.354 e. The zero-order valence-corrected chi connectivity index (χ0v) is 16.5. The Morgan fingerprint density at radius 3 is 2.45 bits per heavy atom. The van der Waals surface area contributed by atoms with Crippen LogP contribution in [0.25, 0.3) is 11.3 Å². The van der Waals surface area contributed by atoms with Gasteiger partial charge < -0.3 is 9.80 Å². The standard InChI is InChI=1S/C22H24N6O/c1-26(19-5-3-2-4-6-19)22(29)16-27-11-13-28(14-12-27)21-15-20(24-17-25-21)18-7-9-23-10-8-18/h2-10,15,17H,11-14,16H2,1H3. The van der Waals surface area contributed by atoms with Gasteiger partial charge in [0.25, 0.3) is 0 Å². The minimum absolute atomic E-state index is 0.103. The number of para-hydroxylation sites is 1. The monoisotopic (exact) mass is 388 g/mol. The predicted molar refractivity (Wildman–Crippen MR) is 114 cm³/mol. The number of likely N-dealkylation sites (N-methyl/N-ethyl adjacent to an activating group) is 1. The number of amides is 1. The average molecular weight is 388 g/mol. The highest BCUT2D eigenvalue weighted by atomic mass is 16.2. The summed E-state index contributed by atoms with van der Waals surface area (Å²) < 4.78 is 0. The van der Waals surface area contributed by atoms with Gasteiger partial charge in [0.15, 0.2) is 0 Å². The maximum atomic E-state index is 12.6. The Hall–Kier alpha value is -3.32. The van der Waals surface area contributed by atoms with Gasteiger partial charge in [-0.25, -0.2) is 9.97 Å². The summed E-state index contributed by atoms with van der Waals surface area (Å²) in [7, 11) is 1.83. The van der Waals surface area contributed by atoms with Gasteiger partial charge in [-0.1, -0.05) is 18.2 Å². The molecule has 2 aromatic heterocycles. The zero-order chi connectivity index (χ0) is 20.1. The highest BCUT2D eigenvalue weighted by Crippen LogP contribution is 2.21. The molecule has 0 unspecified atom stereocenters. The number of rotatable bonds is 5. The number of pyridine rings is 1. The van der Waals surface area contributed by atoms with Gasteiger partial charge in [0.2, 0.25) is 5.91 Å². The molecule has 0 aliphatic carbocycles. The molecule has 3 aromatic rings. The van der Waals surface area contributed by atoms with E-state index in [4.69, 9.17) is 0 Å². The topological polar surface area (TPSA) is 65.5 Å². The van der Waals surface area contributed by atoms with E-state index in [9.17, 15) is 4.79 Å². The van der Waals surface area contributed by atoms with Crippen LogP contribution in [0.1, 0.15) is 0 Å². The molecular formula is C22H24N6O. The maximum Gasteiger partial charge on any atom is 0.240 e. The summed E-state index contributed by atoms with van der Waals surface area (Å²) in [6, 6.07) is 15.6. The van der Waals surface area contributed by atoms with Crippen molar-refractivity contribution in [2.45, 2.75) is 0 Å². The molecule has 7 heteroatoms. The van der Waals surface area contributed by atoms with E-state index in [2.05, 4.69) is 24.8 Å². The SMILES string of the molecule is CN(C(=O)CN1CCN(c2cc(-c3ccncc3)ncn2)CC1)c1ccccc1. The summed E-state index contributed by atoms with van der Waals surface area (Å²) in [5, 5.41) is 0. The predicted octanol–water partition coefficient (Wildman–Crippen LogP) is 2.32. The molecule has 0 saturated carbocycles. The van der Waals surface area contributed by atoms with Gasteiger partial charge in [-0.05, 0) is 24.3 Å². The number of hydrogen-bond donors (Lipinski definition) is 0. The van der Waals surface area contributed by atoms with Crippen LogP contribution in [0.5, 0.6) is 0 Å². The average Bonchev–Trinajstić information content (AvgIpc) is 2.80. The van der Waals surface area contributed by atoms with Crippen molar-refractivity contribution in [1.82, 2.24) is 19.9 Å². The quantitative estimate of drug-likeness (QED) is 0.668. The maximum absolute atomic E-state index is 12.6. The number of nitrogens with zero attached hydrogens (tertiary/aromatic N) is 6. The van der Waals surface area contributed by atoms with Gasteiger partial charge in [-0.15, -0.1) is 0 Å². The second-order valence-corrected chi connectivity index (χ2v) is 7.05. The third-order valence-electron chi connectivity index (χ3n) is 5.20. The first-order valence-corrected chi connectivity index (χ1v) is 9.72. The Bertz CT molecular complexity index is 942. The van der Waals surface area contributed by atoms with Crippen molar-refractivity contribution in [3.05, 3.63) is 67.3 Å². The number of piperazine rings is 1. The molecule has 4 rings (SSSR count). The van der Waals surface area contributed by atoms with Crippen molar-refractivity contribution in [2.75, 3.05) is 49.6 Å². The van der Waals surface area contributed by atoms with E-state index in [1.165, 1.54) is 0 Å². The summed E-state index contributed by atoms with van der Waals surface area (Å²) in [6.07, 6.45) is 5.13. The molecular weight excluding hydrogens is 364 g/mol. The van der Waals surface area contributed by atoms with Crippen LogP contribution in [0.15, 0.2) is 67.3 Å². The van der Waals surface area contributed by atoms with Crippen LogP contribution in [0, 0.1) is 0 Å². The van der Waals surface area contributed by atoms with Crippen LogP contribution in [0.4, 0.5) is 11.5 Å². The van der Waals surface area contributed by atoms with Gasteiger partial charge >= 0.3 is 0 Å². The molecule has 1 aromatic carbocycles. The fraction of sp³-hybridized carbons (Fsp3) is 0.273. The molecule has 0 spiro atoms. The first-order chi connectivity index (χ1) is 14.2. The first-order valence-electron chi connectivity index (χ1n) is 9.72. The lowest BCUT2D eigenvalue weighted by molar-refractivity contribution is -0.119. The van der Waals surface area contributed by atoms with Crippen molar-refractivity contribution in [3.63, 3.8) is 0 Å². The van der Waals surface area contributed by atoms with Crippen molar-refractivity contribution < 1.29 is 4.79 Å². The molecule has 1 fully saturated rings. The lowest BCUT2D eigenvalue weighted by Gasteiger charge is -2.35. The first kappa shape index (κ1) is 19.0. The van der Waals surface area contributed by atoms with E-state index in [-0.39, 0.29) is 5.91 Å².